The maximum Gasteiger partial charge on any atom is 0.275 e. The molecule has 0 aliphatic carbocycles. The predicted octanol–water partition coefficient (Wildman–Crippen LogP) is 2.31. The molecule has 0 saturated carbocycles. The van der Waals surface area contributed by atoms with Crippen LogP contribution in [0.15, 0.2) is 12.3 Å². The van der Waals surface area contributed by atoms with Gasteiger partial charge < -0.3 is 9.80 Å². The summed E-state index contributed by atoms with van der Waals surface area (Å²) >= 11 is 0. The number of amides is 1. The number of likely N-dealkylation sites (tertiary alicyclic amines) is 1. The van der Waals surface area contributed by atoms with Crippen LogP contribution >= 0.6 is 0 Å². The quantitative estimate of drug-likeness (QED) is 0.855. The number of hydrogen-bond acceptors (Lipinski definition) is 3. The minimum Gasteiger partial charge on any atom is -0.334 e. The smallest absolute Gasteiger partial charge is 0.275 e. The molecule has 21 heavy (non-hydrogen) atoms. The number of rotatable bonds is 4. The van der Waals surface area contributed by atoms with Gasteiger partial charge in [-0.15, -0.1) is 0 Å². The zero-order chi connectivity index (χ0) is 15.4. The minimum atomic E-state index is -0.892. The fourth-order valence-electron chi connectivity index (χ4n) is 2.68. The van der Waals surface area contributed by atoms with Gasteiger partial charge in [0.05, 0.1) is 6.20 Å². The molecule has 2 heterocycles. The summed E-state index contributed by atoms with van der Waals surface area (Å²) in [5.41, 5.74) is -0.284. The van der Waals surface area contributed by atoms with Crippen LogP contribution in [0.1, 0.15) is 36.2 Å². The highest BCUT2D eigenvalue weighted by atomic mass is 19.1. The van der Waals surface area contributed by atoms with Crippen LogP contribution in [-0.2, 0) is 0 Å². The molecule has 1 saturated heterocycles. The van der Waals surface area contributed by atoms with Crippen LogP contribution in [0.2, 0.25) is 0 Å². The van der Waals surface area contributed by atoms with E-state index < -0.39 is 17.5 Å². The van der Waals surface area contributed by atoms with Gasteiger partial charge in [-0.05, 0) is 46.3 Å². The lowest BCUT2D eigenvalue weighted by Gasteiger charge is -2.36. The van der Waals surface area contributed by atoms with E-state index in [1.54, 1.807) is 4.90 Å². The Hall–Kier alpha value is -1.56. The highest BCUT2D eigenvalue weighted by molar-refractivity contribution is 5.92. The molecule has 0 radical (unpaired) electrons. The van der Waals surface area contributed by atoms with Gasteiger partial charge in [0.15, 0.2) is 11.5 Å². The number of nitrogens with zero attached hydrogens (tertiary/aromatic N) is 3. The van der Waals surface area contributed by atoms with Crippen molar-refractivity contribution in [2.24, 2.45) is 0 Å². The van der Waals surface area contributed by atoms with E-state index in [9.17, 15) is 13.6 Å². The van der Waals surface area contributed by atoms with Crippen molar-refractivity contribution in [2.45, 2.75) is 31.7 Å². The second kappa shape index (κ2) is 6.93. The van der Waals surface area contributed by atoms with Gasteiger partial charge in [-0.1, -0.05) is 0 Å². The van der Waals surface area contributed by atoms with Crippen LogP contribution in [0.4, 0.5) is 8.78 Å². The Balaban J connectivity index is 2.14. The van der Waals surface area contributed by atoms with E-state index in [-0.39, 0.29) is 11.7 Å². The first-order valence-electron chi connectivity index (χ1n) is 7.26. The Bertz CT molecular complexity index is 508. The Morgan fingerprint density at radius 3 is 2.86 bits per heavy atom. The van der Waals surface area contributed by atoms with Crippen LogP contribution in [0.5, 0.6) is 0 Å². The number of piperidine rings is 1. The summed E-state index contributed by atoms with van der Waals surface area (Å²) in [5.74, 6) is -2.10. The van der Waals surface area contributed by atoms with Crippen molar-refractivity contribution in [1.82, 2.24) is 14.8 Å². The molecule has 1 amide bonds. The third kappa shape index (κ3) is 3.97. The third-order valence-corrected chi connectivity index (χ3v) is 3.81. The molecule has 0 bridgehead atoms. The summed E-state index contributed by atoms with van der Waals surface area (Å²) in [6.07, 6.45) is 4.63. The Morgan fingerprint density at radius 2 is 2.19 bits per heavy atom. The van der Waals surface area contributed by atoms with Crippen molar-refractivity contribution in [3.8, 4) is 0 Å². The van der Waals surface area contributed by atoms with Gasteiger partial charge >= 0.3 is 0 Å². The highest BCUT2D eigenvalue weighted by Gasteiger charge is 2.29. The average Bonchev–Trinajstić information content (AvgIpc) is 2.45. The Labute approximate surface area is 123 Å². The standard InChI is InChI=1S/C15H21F2N3O/c1-19(2)8-6-12-5-3-4-7-20(12)15(21)14-13(17)9-11(16)10-18-14/h9-10,12H,3-8H2,1-2H3/t12-/m0/s1. The lowest BCUT2D eigenvalue weighted by Crippen LogP contribution is -2.45. The van der Waals surface area contributed by atoms with Crippen LogP contribution in [-0.4, -0.2) is 53.9 Å². The van der Waals surface area contributed by atoms with Gasteiger partial charge in [0.2, 0.25) is 0 Å². The SMILES string of the molecule is CN(C)CC[C@@H]1CCCCN1C(=O)c1ncc(F)cc1F. The molecule has 2 rings (SSSR count). The third-order valence-electron chi connectivity index (χ3n) is 3.81. The first-order valence-corrected chi connectivity index (χ1v) is 7.26. The van der Waals surface area contributed by atoms with Crippen LogP contribution in [0.25, 0.3) is 0 Å². The van der Waals surface area contributed by atoms with Crippen molar-refractivity contribution in [3.05, 3.63) is 29.6 Å². The fourth-order valence-corrected chi connectivity index (χ4v) is 2.68. The van der Waals surface area contributed by atoms with Gasteiger partial charge in [-0.25, -0.2) is 13.8 Å². The zero-order valence-corrected chi connectivity index (χ0v) is 12.5. The normalized spacial score (nSPS) is 19.1. The van der Waals surface area contributed by atoms with E-state index in [1.807, 2.05) is 14.1 Å². The molecule has 1 aromatic heterocycles. The first kappa shape index (κ1) is 15.8. The van der Waals surface area contributed by atoms with Gasteiger partial charge in [-0.3, -0.25) is 4.79 Å². The maximum atomic E-state index is 13.7. The minimum absolute atomic E-state index is 0.0971. The van der Waals surface area contributed by atoms with Gasteiger partial charge in [-0.2, -0.15) is 0 Å². The molecule has 1 atom stereocenters. The van der Waals surface area contributed by atoms with Gasteiger partial charge in [0.1, 0.15) is 5.82 Å². The van der Waals surface area contributed by atoms with E-state index in [4.69, 9.17) is 0 Å². The molecular formula is C15H21F2N3O. The van der Waals surface area contributed by atoms with E-state index in [1.165, 1.54) is 0 Å². The average molecular weight is 297 g/mol. The molecular weight excluding hydrogens is 276 g/mol. The predicted molar refractivity (Wildman–Crippen MR) is 76.0 cm³/mol. The van der Waals surface area contributed by atoms with E-state index >= 15 is 0 Å². The summed E-state index contributed by atoms with van der Waals surface area (Å²) in [7, 11) is 3.96. The van der Waals surface area contributed by atoms with Crippen LogP contribution < -0.4 is 0 Å². The van der Waals surface area contributed by atoms with Gasteiger partial charge in [0.25, 0.3) is 5.91 Å². The molecule has 1 aliphatic heterocycles. The molecule has 0 N–H and O–H groups in total. The van der Waals surface area contributed by atoms with E-state index in [2.05, 4.69) is 9.88 Å². The van der Waals surface area contributed by atoms with Gasteiger partial charge in [0, 0.05) is 18.7 Å². The fraction of sp³-hybridized carbons (Fsp3) is 0.600. The molecule has 1 aliphatic rings. The molecule has 4 nitrogen and oxygen atoms in total. The summed E-state index contributed by atoms with van der Waals surface area (Å²) < 4.78 is 26.6. The van der Waals surface area contributed by atoms with Crippen molar-refractivity contribution in [3.63, 3.8) is 0 Å². The number of carbonyl (C=O) groups is 1. The van der Waals surface area contributed by atoms with Crippen molar-refractivity contribution in [2.75, 3.05) is 27.2 Å². The summed E-state index contributed by atoms with van der Waals surface area (Å²) in [6, 6.07) is 0.804. The second-order valence-electron chi connectivity index (χ2n) is 5.72. The molecule has 6 heteroatoms. The lowest BCUT2D eigenvalue weighted by atomic mass is 9.98. The van der Waals surface area contributed by atoms with Crippen LogP contribution in [0, 0.1) is 11.6 Å². The van der Waals surface area contributed by atoms with Crippen molar-refractivity contribution in [1.29, 1.82) is 0 Å². The summed E-state index contributed by atoms with van der Waals surface area (Å²) in [6.45, 7) is 1.48. The second-order valence-corrected chi connectivity index (χ2v) is 5.72. The number of pyridine rings is 1. The molecule has 1 aromatic rings. The lowest BCUT2D eigenvalue weighted by molar-refractivity contribution is 0.0580. The number of carbonyl (C=O) groups excluding carboxylic acids is 1. The number of aromatic nitrogens is 1. The molecule has 0 spiro atoms. The summed E-state index contributed by atoms with van der Waals surface area (Å²) in [4.78, 5) is 19.9. The van der Waals surface area contributed by atoms with Crippen molar-refractivity contribution < 1.29 is 13.6 Å². The Morgan fingerprint density at radius 1 is 1.43 bits per heavy atom. The Kier molecular flexibility index (Phi) is 5.22. The van der Waals surface area contributed by atoms with Crippen LogP contribution in [0.3, 0.4) is 0 Å². The largest absolute Gasteiger partial charge is 0.334 e. The maximum absolute atomic E-state index is 13.7. The number of halogens is 2. The first-order chi connectivity index (χ1) is 9.99. The molecule has 0 aromatic carbocycles. The zero-order valence-electron chi connectivity index (χ0n) is 12.5. The van der Waals surface area contributed by atoms with E-state index in [0.717, 1.165) is 38.4 Å². The van der Waals surface area contributed by atoms with Crippen molar-refractivity contribution >= 4 is 5.91 Å². The number of hydrogen-bond donors (Lipinski definition) is 0. The summed E-state index contributed by atoms with van der Waals surface area (Å²) in [5, 5.41) is 0. The van der Waals surface area contributed by atoms with E-state index in [0.29, 0.717) is 12.6 Å². The highest BCUT2D eigenvalue weighted by Crippen LogP contribution is 2.22. The molecule has 0 unspecified atom stereocenters. The molecule has 1 fully saturated rings. The topological polar surface area (TPSA) is 36.4 Å². The molecule has 116 valence electrons. The monoisotopic (exact) mass is 297 g/mol.